The van der Waals surface area contributed by atoms with Gasteiger partial charge in [0, 0.05) is 16.5 Å². The van der Waals surface area contributed by atoms with Gasteiger partial charge in [-0.3, -0.25) is 24.1 Å². The van der Waals surface area contributed by atoms with Gasteiger partial charge >= 0.3 is 0 Å². The van der Waals surface area contributed by atoms with E-state index in [-0.39, 0.29) is 41.1 Å². The molecule has 3 aromatic rings. The number of allylic oxidation sites excluding steroid dienone is 3. The summed E-state index contributed by atoms with van der Waals surface area (Å²) in [5.41, 5.74) is 0.964. The van der Waals surface area contributed by atoms with E-state index < -0.39 is 52.6 Å². The molecule has 7 nitrogen and oxygen atoms in total. The first-order valence-corrected chi connectivity index (χ1v) is 15.8. The summed E-state index contributed by atoms with van der Waals surface area (Å²) in [7, 11) is 0. The van der Waals surface area contributed by atoms with Crippen LogP contribution in [0, 0.1) is 34.9 Å². The Morgan fingerprint density at radius 2 is 1.67 bits per heavy atom. The van der Waals surface area contributed by atoms with Crippen molar-refractivity contribution in [2.45, 2.75) is 32.1 Å². The van der Waals surface area contributed by atoms with E-state index in [0.717, 1.165) is 16.5 Å². The molecule has 0 bridgehead atoms. The maximum Gasteiger partial charge on any atom is 0.241 e. The number of nitrogens with zero attached hydrogens (tertiary/aromatic N) is 2. The predicted octanol–water partition coefficient (Wildman–Crippen LogP) is 7.00. The fraction of sp³-hybridized carbons (Fsp3) is 0.278. The Labute approximate surface area is 274 Å². The Balaban J connectivity index is 1.39. The lowest BCUT2D eigenvalue weighted by atomic mass is 9.51. The van der Waals surface area contributed by atoms with E-state index in [1.807, 2.05) is 6.08 Å². The monoisotopic (exact) mass is 658 g/mol. The standard InChI is InChI=1S/C36H29Cl2FN2O5/c1-3-5-18-6-4-7-24(31(18)42)30-22-13-14-23-29(34(45)40(32(23)43)20-10-8-19(37)9-11-20)25(22)17-26-33(44)41(35(46)36(26,30)2)21-12-15-28(39)27(38)16-21/h3-4,6-13,15-16,23,25-26,29-30,42H,1,5,14,17H2,2H3/t23-,25+,26-,29-,30+,36+/m0/s1. The number of rotatable bonds is 5. The van der Waals surface area contributed by atoms with E-state index >= 15 is 0 Å². The number of hydrogen-bond donors (Lipinski definition) is 1. The van der Waals surface area contributed by atoms with Gasteiger partial charge in [-0.25, -0.2) is 9.29 Å². The Hall–Kier alpha value is -4.27. The molecule has 1 N–H and O–H groups in total. The van der Waals surface area contributed by atoms with Gasteiger partial charge in [-0.2, -0.15) is 0 Å². The van der Waals surface area contributed by atoms with Gasteiger partial charge in [-0.1, -0.05) is 59.1 Å². The minimum absolute atomic E-state index is 0.0174. The van der Waals surface area contributed by atoms with Gasteiger partial charge in [0.15, 0.2) is 0 Å². The molecule has 6 atom stereocenters. The van der Waals surface area contributed by atoms with Crippen molar-refractivity contribution in [1.29, 1.82) is 0 Å². The lowest BCUT2D eigenvalue weighted by molar-refractivity contribution is -0.131. The molecular formula is C36H29Cl2FN2O5. The van der Waals surface area contributed by atoms with Gasteiger partial charge in [0.1, 0.15) is 11.6 Å². The van der Waals surface area contributed by atoms with Crippen molar-refractivity contribution >= 4 is 58.2 Å². The topological polar surface area (TPSA) is 95.0 Å². The maximum atomic E-state index is 14.6. The zero-order chi connectivity index (χ0) is 32.7. The van der Waals surface area contributed by atoms with E-state index in [1.165, 1.54) is 17.0 Å². The van der Waals surface area contributed by atoms with Gasteiger partial charge in [-0.05, 0) is 80.1 Å². The van der Waals surface area contributed by atoms with Crippen LogP contribution < -0.4 is 9.80 Å². The molecule has 4 aliphatic rings. The molecule has 7 rings (SSSR count). The van der Waals surface area contributed by atoms with Crippen LogP contribution in [0.1, 0.15) is 36.8 Å². The molecule has 3 aromatic carbocycles. The second-order valence-electron chi connectivity index (χ2n) is 12.6. The molecule has 10 heteroatoms. The van der Waals surface area contributed by atoms with E-state index in [1.54, 1.807) is 55.5 Å². The maximum absolute atomic E-state index is 14.6. The Morgan fingerprint density at radius 3 is 2.37 bits per heavy atom. The molecule has 0 unspecified atom stereocenters. The summed E-state index contributed by atoms with van der Waals surface area (Å²) in [4.78, 5) is 59.1. The first-order chi connectivity index (χ1) is 22.0. The van der Waals surface area contributed by atoms with Gasteiger partial charge in [0.25, 0.3) is 0 Å². The summed E-state index contributed by atoms with van der Waals surface area (Å²) in [5, 5.41) is 11.8. The second-order valence-corrected chi connectivity index (χ2v) is 13.4. The molecule has 3 fully saturated rings. The highest BCUT2D eigenvalue weighted by molar-refractivity contribution is 6.32. The van der Waals surface area contributed by atoms with Crippen molar-refractivity contribution in [3.05, 3.63) is 112 Å². The Kier molecular flexibility index (Phi) is 7.21. The number of carbonyl (C=O) groups excluding carboxylic acids is 4. The highest BCUT2D eigenvalue weighted by Crippen LogP contribution is 2.64. The number of phenolic OH excluding ortho intramolecular Hbond substituents is 1. The summed E-state index contributed by atoms with van der Waals surface area (Å²) in [6.45, 7) is 5.51. The second kappa shape index (κ2) is 10.9. The van der Waals surface area contributed by atoms with Crippen LogP contribution >= 0.6 is 23.2 Å². The third-order valence-electron chi connectivity index (χ3n) is 10.3. The molecule has 2 aliphatic heterocycles. The molecule has 2 heterocycles. The van der Waals surface area contributed by atoms with Crippen molar-refractivity contribution < 1.29 is 28.7 Å². The smallest absolute Gasteiger partial charge is 0.241 e. The number of phenols is 1. The summed E-state index contributed by atoms with van der Waals surface area (Å²) in [5.74, 6) is -6.13. The average molecular weight is 660 g/mol. The van der Waals surface area contributed by atoms with Crippen LogP contribution in [-0.2, 0) is 25.6 Å². The van der Waals surface area contributed by atoms with E-state index in [4.69, 9.17) is 23.2 Å². The van der Waals surface area contributed by atoms with Gasteiger partial charge in [-0.15, -0.1) is 6.58 Å². The van der Waals surface area contributed by atoms with E-state index in [0.29, 0.717) is 28.3 Å². The zero-order valence-corrected chi connectivity index (χ0v) is 26.3. The average Bonchev–Trinajstić information content (AvgIpc) is 3.40. The first kappa shape index (κ1) is 30.4. The summed E-state index contributed by atoms with van der Waals surface area (Å²) < 4.78 is 14.1. The number of aromatic hydroxyl groups is 1. The number of carbonyl (C=O) groups is 4. The third kappa shape index (κ3) is 4.23. The van der Waals surface area contributed by atoms with E-state index in [2.05, 4.69) is 6.58 Å². The minimum Gasteiger partial charge on any atom is -0.507 e. The number of benzene rings is 3. The molecule has 1 saturated carbocycles. The number of halogens is 3. The summed E-state index contributed by atoms with van der Waals surface area (Å²) >= 11 is 12.1. The van der Waals surface area contributed by atoms with Crippen molar-refractivity contribution in [1.82, 2.24) is 0 Å². The fourth-order valence-electron chi connectivity index (χ4n) is 8.24. The number of fused-ring (bicyclic) bond motifs is 4. The van der Waals surface area contributed by atoms with Crippen molar-refractivity contribution in [3.8, 4) is 5.75 Å². The van der Waals surface area contributed by atoms with Crippen molar-refractivity contribution in [2.24, 2.45) is 29.1 Å². The number of para-hydroxylation sites is 1. The molecule has 2 saturated heterocycles. The Bertz CT molecular complexity index is 1890. The number of imide groups is 2. The number of hydrogen-bond acceptors (Lipinski definition) is 5. The molecule has 0 radical (unpaired) electrons. The molecule has 0 aromatic heterocycles. The Morgan fingerprint density at radius 1 is 0.957 bits per heavy atom. The quantitative estimate of drug-likeness (QED) is 0.235. The SMILES string of the molecule is C=CCc1cccc([C@H]2C3=CC[C@@H]4C(=O)N(c5ccc(Cl)cc5)C(=O)[C@@H]4[C@@H]3C[C@H]3C(=O)N(c4ccc(F)c(Cl)c4)C(=O)[C@@]23C)c1O. The van der Waals surface area contributed by atoms with E-state index in [9.17, 15) is 28.7 Å². The number of amides is 4. The fourth-order valence-corrected chi connectivity index (χ4v) is 8.54. The lowest BCUT2D eigenvalue weighted by Crippen LogP contribution is -2.49. The number of anilines is 2. The van der Waals surface area contributed by atoms with Crippen LogP contribution in [0.2, 0.25) is 10.0 Å². The summed E-state index contributed by atoms with van der Waals surface area (Å²) in [6.07, 6.45) is 4.35. The van der Waals surface area contributed by atoms with Gasteiger partial charge in [0.05, 0.1) is 39.6 Å². The lowest BCUT2D eigenvalue weighted by Gasteiger charge is -2.49. The normalized spacial score (nSPS) is 28.6. The zero-order valence-electron chi connectivity index (χ0n) is 24.8. The van der Waals surface area contributed by atoms with Crippen molar-refractivity contribution in [2.75, 3.05) is 9.80 Å². The summed E-state index contributed by atoms with van der Waals surface area (Å²) in [6, 6.07) is 15.4. The van der Waals surface area contributed by atoms with Gasteiger partial charge < -0.3 is 5.11 Å². The molecule has 234 valence electrons. The van der Waals surface area contributed by atoms with Crippen LogP contribution in [0.4, 0.5) is 15.8 Å². The van der Waals surface area contributed by atoms with Crippen LogP contribution in [0.5, 0.6) is 5.75 Å². The predicted molar refractivity (Wildman–Crippen MR) is 172 cm³/mol. The first-order valence-electron chi connectivity index (χ1n) is 15.1. The van der Waals surface area contributed by atoms with Crippen molar-refractivity contribution in [3.63, 3.8) is 0 Å². The van der Waals surface area contributed by atoms with Crippen LogP contribution in [0.3, 0.4) is 0 Å². The van der Waals surface area contributed by atoms with Crippen LogP contribution in [0.15, 0.2) is 85.0 Å². The van der Waals surface area contributed by atoms with Crippen LogP contribution in [-0.4, -0.2) is 28.7 Å². The molecule has 46 heavy (non-hydrogen) atoms. The minimum atomic E-state index is -1.38. The molecule has 0 spiro atoms. The molecule has 4 amide bonds. The largest absolute Gasteiger partial charge is 0.507 e. The third-order valence-corrected chi connectivity index (χ3v) is 10.9. The highest BCUT2D eigenvalue weighted by Gasteiger charge is 2.68. The highest BCUT2D eigenvalue weighted by atomic mass is 35.5. The van der Waals surface area contributed by atoms with Gasteiger partial charge in [0.2, 0.25) is 23.6 Å². The van der Waals surface area contributed by atoms with Crippen LogP contribution in [0.25, 0.3) is 0 Å². The molecule has 2 aliphatic carbocycles. The molecular weight excluding hydrogens is 630 g/mol.